The third-order valence-electron chi connectivity index (χ3n) is 3.19. The average Bonchev–Trinajstić information content (AvgIpc) is 2.86. The van der Waals surface area contributed by atoms with Crippen LogP contribution < -0.4 is 4.74 Å². The normalized spacial score (nSPS) is 10.7. The Morgan fingerprint density at radius 1 is 1.33 bits per heavy atom. The minimum Gasteiger partial charge on any atom is -0.487 e. The third-order valence-corrected chi connectivity index (χ3v) is 4.27. The molecule has 0 aliphatic heterocycles. The first-order chi connectivity index (χ1) is 10.1. The molecule has 0 amide bonds. The fraction of sp³-hybridized carbons (Fsp3) is 0.125. The molecule has 0 radical (unpaired) electrons. The fourth-order valence-electron chi connectivity index (χ4n) is 2.06. The molecule has 2 aromatic heterocycles. The Kier molecular flexibility index (Phi) is 3.58. The minimum absolute atomic E-state index is 0.336. The van der Waals surface area contributed by atoms with E-state index in [0.717, 1.165) is 21.3 Å². The molecule has 0 aliphatic rings. The molecule has 0 spiro atoms. The van der Waals surface area contributed by atoms with Crippen LogP contribution >= 0.6 is 11.3 Å². The number of fused-ring (bicyclic) bond motifs is 1. The van der Waals surface area contributed by atoms with Gasteiger partial charge in [0.05, 0.1) is 11.7 Å². The van der Waals surface area contributed by atoms with Crippen LogP contribution in [0.1, 0.15) is 20.1 Å². The lowest BCUT2D eigenvalue weighted by atomic mass is 10.2. The summed E-state index contributed by atoms with van der Waals surface area (Å²) in [6, 6.07) is 11.4. The molecular formula is C16H13NO3S. The predicted molar refractivity (Wildman–Crippen MR) is 82.1 cm³/mol. The minimum atomic E-state index is -0.901. The molecule has 4 nitrogen and oxygen atoms in total. The van der Waals surface area contributed by atoms with Gasteiger partial charge in [0, 0.05) is 15.8 Å². The molecule has 0 bridgehead atoms. The molecule has 21 heavy (non-hydrogen) atoms. The van der Waals surface area contributed by atoms with Crippen LogP contribution in [-0.4, -0.2) is 16.1 Å². The van der Waals surface area contributed by atoms with Gasteiger partial charge in [0.15, 0.2) is 0 Å². The number of para-hydroxylation sites is 1. The second kappa shape index (κ2) is 5.54. The summed E-state index contributed by atoms with van der Waals surface area (Å²) in [5.41, 5.74) is 1.82. The van der Waals surface area contributed by atoms with Crippen LogP contribution in [0.4, 0.5) is 0 Å². The van der Waals surface area contributed by atoms with E-state index in [1.165, 1.54) is 11.3 Å². The Hall–Kier alpha value is -2.40. The van der Waals surface area contributed by atoms with Crippen LogP contribution in [-0.2, 0) is 6.61 Å². The summed E-state index contributed by atoms with van der Waals surface area (Å²) >= 11 is 1.26. The molecule has 2 heterocycles. The van der Waals surface area contributed by atoms with E-state index >= 15 is 0 Å². The molecule has 3 aromatic rings. The monoisotopic (exact) mass is 299 g/mol. The zero-order valence-corrected chi connectivity index (χ0v) is 12.2. The maximum Gasteiger partial charge on any atom is 0.345 e. The standard InChI is InChI=1S/C16H13NO3S/c1-10-12(7-15(21-10)16(18)19)9-20-13-6-11-4-2-3-5-14(11)17-8-13/h2-8H,9H2,1H3,(H,18,19). The predicted octanol–water partition coefficient (Wildman–Crippen LogP) is 3.88. The van der Waals surface area contributed by atoms with E-state index in [-0.39, 0.29) is 0 Å². The molecule has 0 saturated heterocycles. The SMILES string of the molecule is Cc1sc(C(=O)O)cc1COc1cnc2ccccc2c1. The van der Waals surface area contributed by atoms with Gasteiger partial charge in [-0.05, 0) is 25.1 Å². The van der Waals surface area contributed by atoms with Gasteiger partial charge in [-0.25, -0.2) is 4.79 Å². The molecule has 0 unspecified atom stereocenters. The Balaban J connectivity index is 1.78. The molecule has 3 rings (SSSR count). The van der Waals surface area contributed by atoms with Crippen molar-refractivity contribution < 1.29 is 14.6 Å². The van der Waals surface area contributed by atoms with E-state index in [1.54, 1.807) is 12.3 Å². The van der Waals surface area contributed by atoms with Crippen molar-refractivity contribution in [1.29, 1.82) is 0 Å². The van der Waals surface area contributed by atoms with E-state index in [2.05, 4.69) is 4.98 Å². The smallest absolute Gasteiger partial charge is 0.345 e. The number of aromatic carboxylic acids is 1. The number of nitrogens with zero attached hydrogens (tertiary/aromatic N) is 1. The summed E-state index contributed by atoms with van der Waals surface area (Å²) < 4.78 is 5.73. The second-order valence-electron chi connectivity index (χ2n) is 4.65. The van der Waals surface area contributed by atoms with Gasteiger partial charge in [-0.2, -0.15) is 0 Å². The van der Waals surface area contributed by atoms with E-state index in [9.17, 15) is 4.79 Å². The summed E-state index contributed by atoms with van der Waals surface area (Å²) in [6.07, 6.45) is 1.68. The van der Waals surface area contributed by atoms with Crippen molar-refractivity contribution in [3.63, 3.8) is 0 Å². The van der Waals surface area contributed by atoms with Crippen molar-refractivity contribution in [2.75, 3.05) is 0 Å². The second-order valence-corrected chi connectivity index (χ2v) is 5.91. The molecule has 1 N–H and O–H groups in total. The summed E-state index contributed by atoms with van der Waals surface area (Å²) in [5, 5.41) is 10.0. The molecule has 1 aromatic carbocycles. The Morgan fingerprint density at radius 3 is 2.90 bits per heavy atom. The summed E-state index contributed by atoms with van der Waals surface area (Å²) in [4.78, 5) is 16.6. The maximum atomic E-state index is 10.9. The highest BCUT2D eigenvalue weighted by molar-refractivity contribution is 7.14. The van der Waals surface area contributed by atoms with Crippen LogP contribution in [0, 0.1) is 6.92 Å². The lowest BCUT2D eigenvalue weighted by molar-refractivity contribution is 0.0702. The maximum absolute atomic E-state index is 10.9. The van der Waals surface area contributed by atoms with Gasteiger partial charge in [-0.1, -0.05) is 18.2 Å². The van der Waals surface area contributed by atoms with Gasteiger partial charge in [-0.15, -0.1) is 11.3 Å². The van der Waals surface area contributed by atoms with Crippen LogP contribution in [0.2, 0.25) is 0 Å². The molecular weight excluding hydrogens is 286 g/mol. The number of aryl methyl sites for hydroxylation is 1. The van der Waals surface area contributed by atoms with Crippen molar-refractivity contribution in [3.8, 4) is 5.75 Å². The van der Waals surface area contributed by atoms with E-state index < -0.39 is 5.97 Å². The van der Waals surface area contributed by atoms with Crippen LogP contribution in [0.5, 0.6) is 5.75 Å². The summed E-state index contributed by atoms with van der Waals surface area (Å²) in [5.74, 6) is -0.224. The average molecular weight is 299 g/mol. The van der Waals surface area contributed by atoms with Crippen molar-refractivity contribution in [1.82, 2.24) is 4.98 Å². The number of benzene rings is 1. The van der Waals surface area contributed by atoms with Gasteiger partial charge in [0.1, 0.15) is 17.2 Å². The lowest BCUT2D eigenvalue weighted by Crippen LogP contribution is -1.96. The largest absolute Gasteiger partial charge is 0.487 e. The number of rotatable bonds is 4. The number of carbonyl (C=O) groups is 1. The van der Waals surface area contributed by atoms with E-state index in [4.69, 9.17) is 9.84 Å². The summed E-state index contributed by atoms with van der Waals surface area (Å²) in [6.45, 7) is 2.24. The molecule has 0 atom stereocenters. The lowest BCUT2D eigenvalue weighted by Gasteiger charge is -2.06. The number of ether oxygens (including phenoxy) is 1. The quantitative estimate of drug-likeness (QED) is 0.794. The number of aromatic nitrogens is 1. The Labute approximate surface area is 125 Å². The highest BCUT2D eigenvalue weighted by atomic mass is 32.1. The van der Waals surface area contributed by atoms with Crippen LogP contribution in [0.25, 0.3) is 10.9 Å². The van der Waals surface area contributed by atoms with Crippen LogP contribution in [0.15, 0.2) is 42.6 Å². The van der Waals surface area contributed by atoms with Gasteiger partial charge in [0.25, 0.3) is 0 Å². The number of thiophene rings is 1. The highest BCUT2D eigenvalue weighted by Crippen LogP contribution is 2.24. The molecule has 0 saturated carbocycles. The van der Waals surface area contributed by atoms with Crippen molar-refractivity contribution in [3.05, 3.63) is 57.9 Å². The first-order valence-electron chi connectivity index (χ1n) is 6.43. The van der Waals surface area contributed by atoms with E-state index in [0.29, 0.717) is 17.2 Å². The molecule has 0 aliphatic carbocycles. The van der Waals surface area contributed by atoms with Gasteiger partial charge in [-0.3, -0.25) is 4.98 Å². The topological polar surface area (TPSA) is 59.4 Å². The number of carboxylic acids is 1. The number of hydrogen-bond donors (Lipinski definition) is 1. The Bertz CT molecular complexity index is 810. The number of pyridine rings is 1. The van der Waals surface area contributed by atoms with Crippen molar-refractivity contribution in [2.45, 2.75) is 13.5 Å². The van der Waals surface area contributed by atoms with E-state index in [1.807, 2.05) is 37.3 Å². The van der Waals surface area contributed by atoms with Gasteiger partial charge in [0.2, 0.25) is 0 Å². The first-order valence-corrected chi connectivity index (χ1v) is 7.25. The molecule has 106 valence electrons. The van der Waals surface area contributed by atoms with Crippen LogP contribution in [0.3, 0.4) is 0 Å². The fourth-order valence-corrected chi connectivity index (χ4v) is 2.93. The molecule has 0 fully saturated rings. The zero-order chi connectivity index (χ0) is 14.8. The first kappa shape index (κ1) is 13.6. The van der Waals surface area contributed by atoms with Gasteiger partial charge < -0.3 is 9.84 Å². The number of carboxylic acid groups (broad SMARTS) is 1. The highest BCUT2D eigenvalue weighted by Gasteiger charge is 2.11. The van der Waals surface area contributed by atoms with Gasteiger partial charge >= 0.3 is 5.97 Å². The van der Waals surface area contributed by atoms with Crippen molar-refractivity contribution in [2.24, 2.45) is 0 Å². The summed E-state index contributed by atoms with van der Waals surface area (Å²) in [7, 11) is 0. The Morgan fingerprint density at radius 2 is 2.14 bits per heavy atom. The number of hydrogen-bond acceptors (Lipinski definition) is 4. The van der Waals surface area contributed by atoms with Crippen molar-refractivity contribution >= 4 is 28.2 Å². The zero-order valence-electron chi connectivity index (χ0n) is 11.4. The molecule has 5 heteroatoms. The third kappa shape index (κ3) is 2.87.